The van der Waals surface area contributed by atoms with E-state index in [2.05, 4.69) is 17.2 Å². The molecule has 2 aliphatic carbocycles. The summed E-state index contributed by atoms with van der Waals surface area (Å²) in [6.07, 6.45) is 14.0. The Morgan fingerprint density at radius 1 is 1.14 bits per heavy atom. The standard InChI is InChI=1S/C18H30N2O/c1-2-10-19-11-9-18-20-13-17(21-18)16-8-7-14-5-3-4-6-15(14)12-16/h13-16,19H,2-12H2,1H3. The van der Waals surface area contributed by atoms with Crippen molar-refractivity contribution in [2.75, 3.05) is 13.1 Å². The third kappa shape index (κ3) is 3.88. The molecule has 21 heavy (non-hydrogen) atoms. The number of nitrogens with zero attached hydrogens (tertiary/aromatic N) is 1. The van der Waals surface area contributed by atoms with Gasteiger partial charge < -0.3 is 9.73 Å². The Balaban J connectivity index is 1.51. The van der Waals surface area contributed by atoms with Crippen molar-refractivity contribution >= 4 is 0 Å². The second-order valence-electron chi connectivity index (χ2n) is 6.97. The molecule has 2 saturated carbocycles. The molecular weight excluding hydrogens is 260 g/mol. The topological polar surface area (TPSA) is 38.1 Å². The summed E-state index contributed by atoms with van der Waals surface area (Å²) < 4.78 is 6.03. The van der Waals surface area contributed by atoms with Crippen LogP contribution < -0.4 is 5.32 Å². The normalized spacial score (nSPS) is 29.3. The number of nitrogens with one attached hydrogen (secondary N) is 1. The molecule has 3 rings (SSSR count). The molecule has 0 radical (unpaired) electrons. The van der Waals surface area contributed by atoms with Crippen LogP contribution in [-0.2, 0) is 6.42 Å². The zero-order valence-corrected chi connectivity index (χ0v) is 13.4. The summed E-state index contributed by atoms with van der Waals surface area (Å²) in [7, 11) is 0. The first-order valence-corrected chi connectivity index (χ1v) is 9.02. The number of oxazole rings is 1. The summed E-state index contributed by atoms with van der Waals surface area (Å²) in [5.74, 6) is 4.67. The average Bonchev–Trinajstić information content (AvgIpc) is 3.00. The Morgan fingerprint density at radius 2 is 2.00 bits per heavy atom. The van der Waals surface area contributed by atoms with Crippen LogP contribution in [0, 0.1) is 11.8 Å². The number of rotatable bonds is 6. The molecule has 2 fully saturated rings. The fourth-order valence-corrected chi connectivity index (χ4v) is 4.26. The van der Waals surface area contributed by atoms with Gasteiger partial charge in [-0.2, -0.15) is 0 Å². The molecule has 0 amide bonds. The second kappa shape index (κ2) is 7.44. The van der Waals surface area contributed by atoms with Gasteiger partial charge in [-0.05, 0) is 44.1 Å². The van der Waals surface area contributed by atoms with Gasteiger partial charge in [-0.3, -0.25) is 0 Å². The van der Waals surface area contributed by atoms with E-state index in [0.717, 1.165) is 43.0 Å². The molecule has 1 N–H and O–H groups in total. The van der Waals surface area contributed by atoms with Gasteiger partial charge in [-0.15, -0.1) is 0 Å². The van der Waals surface area contributed by atoms with Gasteiger partial charge in [-0.1, -0.05) is 32.6 Å². The maximum atomic E-state index is 6.03. The summed E-state index contributed by atoms with van der Waals surface area (Å²) in [5, 5.41) is 3.41. The molecule has 0 bridgehead atoms. The summed E-state index contributed by atoms with van der Waals surface area (Å²) in [4.78, 5) is 4.49. The summed E-state index contributed by atoms with van der Waals surface area (Å²) in [6.45, 7) is 4.25. The highest BCUT2D eigenvalue weighted by atomic mass is 16.4. The van der Waals surface area contributed by atoms with Crippen LogP contribution in [0.1, 0.15) is 75.9 Å². The molecule has 0 spiro atoms. The molecule has 1 aromatic heterocycles. The first-order chi connectivity index (χ1) is 10.4. The molecule has 0 aromatic carbocycles. The van der Waals surface area contributed by atoms with Gasteiger partial charge in [0.05, 0.1) is 6.20 Å². The van der Waals surface area contributed by atoms with Gasteiger partial charge >= 0.3 is 0 Å². The maximum Gasteiger partial charge on any atom is 0.195 e. The molecule has 3 nitrogen and oxygen atoms in total. The van der Waals surface area contributed by atoms with E-state index in [9.17, 15) is 0 Å². The molecule has 0 saturated heterocycles. The lowest BCUT2D eigenvalue weighted by Gasteiger charge is -2.38. The van der Waals surface area contributed by atoms with Gasteiger partial charge in [-0.25, -0.2) is 4.98 Å². The predicted octanol–water partition coefficient (Wildman–Crippen LogP) is 4.29. The van der Waals surface area contributed by atoms with Crippen molar-refractivity contribution in [1.29, 1.82) is 0 Å². The molecule has 1 aromatic rings. The quantitative estimate of drug-likeness (QED) is 0.794. The molecule has 118 valence electrons. The van der Waals surface area contributed by atoms with Crippen LogP contribution in [0.25, 0.3) is 0 Å². The van der Waals surface area contributed by atoms with Crippen molar-refractivity contribution in [3.05, 3.63) is 17.8 Å². The first-order valence-electron chi connectivity index (χ1n) is 9.02. The number of hydrogen-bond acceptors (Lipinski definition) is 3. The number of aromatic nitrogens is 1. The lowest BCUT2D eigenvalue weighted by atomic mass is 9.67. The van der Waals surface area contributed by atoms with Crippen LogP contribution >= 0.6 is 0 Å². The second-order valence-corrected chi connectivity index (χ2v) is 6.97. The van der Waals surface area contributed by atoms with E-state index < -0.39 is 0 Å². The van der Waals surface area contributed by atoms with E-state index in [4.69, 9.17) is 4.42 Å². The summed E-state index contributed by atoms with van der Waals surface area (Å²) in [5.41, 5.74) is 0. The third-order valence-corrected chi connectivity index (χ3v) is 5.46. The summed E-state index contributed by atoms with van der Waals surface area (Å²) >= 11 is 0. The monoisotopic (exact) mass is 290 g/mol. The SMILES string of the molecule is CCCNCCc1ncc(C2CCC3CCCCC3C2)o1. The minimum Gasteiger partial charge on any atom is -0.445 e. The molecule has 1 heterocycles. The minimum absolute atomic E-state index is 0.634. The highest BCUT2D eigenvalue weighted by Gasteiger charge is 2.34. The van der Waals surface area contributed by atoms with E-state index in [0.29, 0.717) is 5.92 Å². The number of hydrogen-bond donors (Lipinski definition) is 1. The van der Waals surface area contributed by atoms with Crippen LogP contribution in [0.4, 0.5) is 0 Å². The van der Waals surface area contributed by atoms with E-state index in [1.807, 2.05) is 6.20 Å². The molecule has 0 aliphatic heterocycles. The van der Waals surface area contributed by atoms with Gasteiger partial charge in [0.15, 0.2) is 5.89 Å². The number of fused-ring (bicyclic) bond motifs is 1. The fraction of sp³-hybridized carbons (Fsp3) is 0.833. The lowest BCUT2D eigenvalue weighted by molar-refractivity contribution is 0.147. The van der Waals surface area contributed by atoms with Gasteiger partial charge in [0.2, 0.25) is 0 Å². The fourth-order valence-electron chi connectivity index (χ4n) is 4.26. The van der Waals surface area contributed by atoms with Crippen LogP contribution in [0.15, 0.2) is 10.6 Å². The van der Waals surface area contributed by atoms with Gasteiger partial charge in [0, 0.05) is 18.9 Å². The summed E-state index contributed by atoms with van der Waals surface area (Å²) in [6, 6.07) is 0. The Labute approximate surface area is 128 Å². The van der Waals surface area contributed by atoms with E-state index in [-0.39, 0.29) is 0 Å². The molecule has 3 heteroatoms. The molecular formula is C18H30N2O. The van der Waals surface area contributed by atoms with Crippen molar-refractivity contribution in [2.24, 2.45) is 11.8 Å². The predicted molar refractivity (Wildman–Crippen MR) is 85.4 cm³/mol. The van der Waals surface area contributed by atoms with E-state index in [1.54, 1.807) is 0 Å². The van der Waals surface area contributed by atoms with Gasteiger partial charge in [0.1, 0.15) is 5.76 Å². The Kier molecular flexibility index (Phi) is 5.34. The van der Waals surface area contributed by atoms with Crippen LogP contribution in [0.5, 0.6) is 0 Å². The van der Waals surface area contributed by atoms with Gasteiger partial charge in [0.25, 0.3) is 0 Å². The maximum absolute atomic E-state index is 6.03. The highest BCUT2D eigenvalue weighted by Crippen LogP contribution is 2.46. The molecule has 3 atom stereocenters. The largest absolute Gasteiger partial charge is 0.445 e. The Hall–Kier alpha value is -0.830. The zero-order chi connectivity index (χ0) is 14.5. The van der Waals surface area contributed by atoms with Crippen molar-refractivity contribution in [3.8, 4) is 0 Å². The zero-order valence-electron chi connectivity index (χ0n) is 13.4. The van der Waals surface area contributed by atoms with Crippen molar-refractivity contribution in [1.82, 2.24) is 10.3 Å². The van der Waals surface area contributed by atoms with Crippen LogP contribution in [0.3, 0.4) is 0 Å². The van der Waals surface area contributed by atoms with Crippen molar-refractivity contribution in [2.45, 2.75) is 70.6 Å². The van der Waals surface area contributed by atoms with Crippen LogP contribution in [-0.4, -0.2) is 18.1 Å². The Bertz CT molecular complexity index is 429. The molecule has 3 unspecified atom stereocenters. The Morgan fingerprint density at radius 3 is 2.86 bits per heavy atom. The average molecular weight is 290 g/mol. The van der Waals surface area contributed by atoms with Crippen molar-refractivity contribution in [3.63, 3.8) is 0 Å². The smallest absolute Gasteiger partial charge is 0.195 e. The van der Waals surface area contributed by atoms with Crippen LogP contribution in [0.2, 0.25) is 0 Å². The minimum atomic E-state index is 0.634. The van der Waals surface area contributed by atoms with E-state index >= 15 is 0 Å². The van der Waals surface area contributed by atoms with Crippen molar-refractivity contribution < 1.29 is 4.42 Å². The lowest BCUT2D eigenvalue weighted by Crippen LogP contribution is -2.26. The first kappa shape index (κ1) is 15.1. The molecule has 2 aliphatic rings. The third-order valence-electron chi connectivity index (χ3n) is 5.46. The highest BCUT2D eigenvalue weighted by molar-refractivity contribution is 5.05. The van der Waals surface area contributed by atoms with E-state index in [1.165, 1.54) is 51.4 Å².